The van der Waals surface area contributed by atoms with Gasteiger partial charge in [-0.05, 0) is 68.9 Å². The van der Waals surface area contributed by atoms with Gasteiger partial charge >= 0.3 is 0 Å². The number of ketones is 1. The van der Waals surface area contributed by atoms with Crippen molar-refractivity contribution in [3.63, 3.8) is 0 Å². The number of hydrogen-bond donors (Lipinski definition) is 2. The Bertz CT molecular complexity index is 798. The van der Waals surface area contributed by atoms with Crippen molar-refractivity contribution >= 4 is 5.78 Å². The summed E-state index contributed by atoms with van der Waals surface area (Å²) >= 11 is 0. The van der Waals surface area contributed by atoms with Gasteiger partial charge in [-0.15, -0.1) is 0 Å². The predicted molar refractivity (Wildman–Crippen MR) is 106 cm³/mol. The van der Waals surface area contributed by atoms with Crippen LogP contribution in [0.25, 0.3) is 0 Å². The molecule has 2 aromatic rings. The average molecular weight is 367 g/mol. The average Bonchev–Trinajstić information content (AvgIpc) is 3.04. The van der Waals surface area contributed by atoms with E-state index in [2.05, 4.69) is 6.07 Å². The second-order valence-electron chi connectivity index (χ2n) is 7.52. The summed E-state index contributed by atoms with van der Waals surface area (Å²) < 4.78 is 1.94. The Hall–Kier alpha value is -2.42. The maximum atomic E-state index is 12.5. The number of aliphatic hydroxyl groups is 1. The molecule has 1 aromatic heterocycles. The Morgan fingerprint density at radius 2 is 1.89 bits per heavy atom. The molecule has 1 aromatic carbocycles. The zero-order valence-corrected chi connectivity index (χ0v) is 16.2. The summed E-state index contributed by atoms with van der Waals surface area (Å²) in [6.07, 6.45) is 4.61. The van der Waals surface area contributed by atoms with Crippen LogP contribution in [-0.4, -0.2) is 27.6 Å². The molecular formula is C22H29N3O2. The summed E-state index contributed by atoms with van der Waals surface area (Å²) in [5.41, 5.74) is 9.03. The molecule has 5 heteroatoms. The fourth-order valence-electron chi connectivity index (χ4n) is 3.07. The Morgan fingerprint density at radius 1 is 1.19 bits per heavy atom. The molecular weight excluding hydrogens is 338 g/mol. The number of Topliss-reactive ketones (excluding diaryl/α,β-unsaturated/α-hetero) is 1. The van der Waals surface area contributed by atoms with Gasteiger partial charge in [0.05, 0.1) is 23.9 Å². The van der Waals surface area contributed by atoms with Gasteiger partial charge < -0.3 is 15.4 Å². The van der Waals surface area contributed by atoms with E-state index in [0.29, 0.717) is 18.4 Å². The number of aryl methyl sites for hydroxylation is 2. The largest absolute Gasteiger partial charge is 0.394 e. The summed E-state index contributed by atoms with van der Waals surface area (Å²) in [6.45, 7) is 1.78. The van der Waals surface area contributed by atoms with Crippen LogP contribution < -0.4 is 5.73 Å². The van der Waals surface area contributed by atoms with E-state index < -0.39 is 5.54 Å². The molecule has 0 saturated carbocycles. The number of aromatic nitrogens is 1. The number of nitrogens with two attached hydrogens (primary N) is 1. The van der Waals surface area contributed by atoms with E-state index in [1.165, 1.54) is 5.56 Å². The van der Waals surface area contributed by atoms with E-state index in [1.54, 1.807) is 0 Å². The molecule has 0 aliphatic carbocycles. The van der Waals surface area contributed by atoms with E-state index in [-0.39, 0.29) is 12.4 Å². The van der Waals surface area contributed by atoms with Crippen LogP contribution in [0.5, 0.6) is 0 Å². The van der Waals surface area contributed by atoms with E-state index in [4.69, 9.17) is 11.0 Å². The van der Waals surface area contributed by atoms with Crippen molar-refractivity contribution in [3.05, 3.63) is 58.9 Å². The minimum atomic E-state index is -0.597. The lowest BCUT2D eigenvalue weighted by Gasteiger charge is -2.21. The third kappa shape index (κ3) is 6.06. The second kappa shape index (κ2) is 9.50. The number of nitriles is 1. The summed E-state index contributed by atoms with van der Waals surface area (Å²) in [5, 5.41) is 18.1. The molecule has 0 bridgehead atoms. The van der Waals surface area contributed by atoms with Crippen LogP contribution in [0.2, 0.25) is 0 Å². The Morgan fingerprint density at radius 3 is 2.52 bits per heavy atom. The number of unbranched alkanes of at least 4 members (excludes halogenated alkanes) is 1. The van der Waals surface area contributed by atoms with Gasteiger partial charge in [0.25, 0.3) is 0 Å². The Labute approximate surface area is 161 Å². The Kier molecular flexibility index (Phi) is 7.35. The zero-order valence-electron chi connectivity index (χ0n) is 16.2. The Balaban J connectivity index is 1.81. The first-order valence-corrected chi connectivity index (χ1v) is 9.43. The molecule has 27 heavy (non-hydrogen) atoms. The van der Waals surface area contributed by atoms with E-state index in [1.807, 2.05) is 54.9 Å². The lowest BCUT2D eigenvalue weighted by atomic mass is 9.97. The minimum absolute atomic E-state index is 0.0531. The standard InChI is InChI=1S/C22H29N3O2/c1-22(24,16-26)14-13-19-11-12-20(25(19)2)21(27)6-4-3-5-17-7-9-18(15-23)10-8-17/h7-12,26H,3-6,13-14,16,24H2,1-2H3/t22-/m1/s1. The van der Waals surface area contributed by atoms with Gasteiger partial charge in [0.1, 0.15) is 0 Å². The van der Waals surface area contributed by atoms with Crippen molar-refractivity contribution in [1.29, 1.82) is 5.26 Å². The van der Waals surface area contributed by atoms with Gasteiger partial charge in [0.15, 0.2) is 5.78 Å². The molecule has 0 radical (unpaired) electrons. The first-order chi connectivity index (χ1) is 12.9. The third-order valence-corrected chi connectivity index (χ3v) is 5.03. The highest BCUT2D eigenvalue weighted by Crippen LogP contribution is 2.17. The van der Waals surface area contributed by atoms with Crippen molar-refractivity contribution in [2.75, 3.05) is 6.61 Å². The molecule has 2 rings (SSSR count). The van der Waals surface area contributed by atoms with Gasteiger partial charge in [-0.2, -0.15) is 5.26 Å². The molecule has 1 atom stereocenters. The maximum Gasteiger partial charge on any atom is 0.179 e. The molecule has 0 fully saturated rings. The van der Waals surface area contributed by atoms with Crippen LogP contribution in [0.4, 0.5) is 0 Å². The topological polar surface area (TPSA) is 92.0 Å². The van der Waals surface area contributed by atoms with Crippen LogP contribution >= 0.6 is 0 Å². The van der Waals surface area contributed by atoms with E-state index in [0.717, 1.165) is 37.1 Å². The van der Waals surface area contributed by atoms with Gasteiger partial charge in [-0.1, -0.05) is 12.1 Å². The lowest BCUT2D eigenvalue weighted by Crippen LogP contribution is -2.40. The molecule has 0 amide bonds. The van der Waals surface area contributed by atoms with Crippen LogP contribution in [0, 0.1) is 11.3 Å². The normalized spacial score (nSPS) is 13.1. The van der Waals surface area contributed by atoms with Crippen LogP contribution in [0.15, 0.2) is 36.4 Å². The smallest absolute Gasteiger partial charge is 0.179 e. The first kappa shape index (κ1) is 20.9. The number of nitrogens with zero attached hydrogens (tertiary/aromatic N) is 2. The molecule has 0 aliphatic rings. The molecule has 3 N–H and O–H groups in total. The SMILES string of the molecule is Cn1c(CC[C@@](C)(N)CO)ccc1C(=O)CCCCc1ccc(C#N)cc1. The van der Waals surface area contributed by atoms with Gasteiger partial charge in [-0.25, -0.2) is 0 Å². The van der Waals surface area contributed by atoms with E-state index in [9.17, 15) is 9.90 Å². The maximum absolute atomic E-state index is 12.5. The predicted octanol–water partition coefficient (Wildman–Crippen LogP) is 3.13. The molecule has 0 unspecified atom stereocenters. The van der Waals surface area contributed by atoms with Crippen LogP contribution in [-0.2, 0) is 19.9 Å². The summed E-state index contributed by atoms with van der Waals surface area (Å²) in [4.78, 5) is 12.5. The van der Waals surface area contributed by atoms with Crippen LogP contribution in [0.1, 0.15) is 59.9 Å². The van der Waals surface area contributed by atoms with Crippen molar-refractivity contribution in [3.8, 4) is 6.07 Å². The molecule has 5 nitrogen and oxygen atoms in total. The van der Waals surface area contributed by atoms with Crippen molar-refractivity contribution < 1.29 is 9.90 Å². The zero-order chi connectivity index (χ0) is 19.9. The van der Waals surface area contributed by atoms with Crippen molar-refractivity contribution in [1.82, 2.24) is 4.57 Å². The summed E-state index contributed by atoms with van der Waals surface area (Å²) in [6, 6.07) is 13.6. The highest BCUT2D eigenvalue weighted by Gasteiger charge is 2.19. The number of benzene rings is 1. The fraction of sp³-hybridized carbons (Fsp3) is 0.455. The number of aliphatic hydroxyl groups excluding tert-OH is 1. The number of hydrogen-bond acceptors (Lipinski definition) is 4. The minimum Gasteiger partial charge on any atom is -0.394 e. The number of carbonyl (C=O) groups excluding carboxylic acids is 1. The highest BCUT2D eigenvalue weighted by molar-refractivity contribution is 5.94. The van der Waals surface area contributed by atoms with Crippen molar-refractivity contribution in [2.45, 2.75) is 51.0 Å². The summed E-state index contributed by atoms with van der Waals surface area (Å²) in [7, 11) is 1.91. The molecule has 0 saturated heterocycles. The number of carbonyl (C=O) groups is 1. The van der Waals surface area contributed by atoms with E-state index >= 15 is 0 Å². The lowest BCUT2D eigenvalue weighted by molar-refractivity contribution is 0.0971. The molecule has 144 valence electrons. The van der Waals surface area contributed by atoms with Crippen molar-refractivity contribution in [2.24, 2.45) is 12.8 Å². The summed E-state index contributed by atoms with van der Waals surface area (Å²) in [5.74, 6) is 0.154. The second-order valence-corrected chi connectivity index (χ2v) is 7.52. The third-order valence-electron chi connectivity index (χ3n) is 5.03. The van der Waals surface area contributed by atoms with Crippen LogP contribution in [0.3, 0.4) is 0 Å². The molecule has 0 spiro atoms. The monoisotopic (exact) mass is 367 g/mol. The fourth-order valence-corrected chi connectivity index (χ4v) is 3.07. The van der Waals surface area contributed by atoms with Gasteiger partial charge in [-0.3, -0.25) is 4.79 Å². The highest BCUT2D eigenvalue weighted by atomic mass is 16.3. The quantitative estimate of drug-likeness (QED) is 0.498. The number of rotatable bonds is 10. The molecule has 1 heterocycles. The molecule has 0 aliphatic heterocycles. The van der Waals surface area contributed by atoms with Gasteiger partial charge in [0, 0.05) is 24.7 Å². The van der Waals surface area contributed by atoms with Gasteiger partial charge in [0.2, 0.25) is 0 Å². The first-order valence-electron chi connectivity index (χ1n) is 9.43.